The Hall–Kier alpha value is -3.01. The van der Waals surface area contributed by atoms with Crippen molar-refractivity contribution < 1.29 is 32.2 Å². The third-order valence-corrected chi connectivity index (χ3v) is 6.06. The van der Waals surface area contributed by atoms with E-state index in [9.17, 15) is 32.2 Å². The van der Waals surface area contributed by atoms with Crippen molar-refractivity contribution in [3.8, 4) is 5.75 Å². The first kappa shape index (κ1) is 22.2. The highest BCUT2D eigenvalue weighted by Gasteiger charge is 2.62. The number of hydrogen-bond donors (Lipinski definition) is 3. The zero-order valence-corrected chi connectivity index (χ0v) is 17.1. The van der Waals surface area contributed by atoms with Gasteiger partial charge in [0.15, 0.2) is 17.2 Å². The summed E-state index contributed by atoms with van der Waals surface area (Å²) in [5, 5.41) is 24.0. The summed E-state index contributed by atoms with van der Waals surface area (Å²) in [6, 6.07) is 2.44. The average Bonchev–Trinajstić information content (AvgIpc) is 2.73. The molecule has 1 heterocycles. The van der Waals surface area contributed by atoms with Crippen LogP contribution in [0, 0.1) is 18.6 Å². The van der Waals surface area contributed by atoms with E-state index < -0.39 is 47.5 Å². The zero-order valence-electron chi connectivity index (χ0n) is 17.1. The van der Waals surface area contributed by atoms with Crippen LogP contribution in [0.2, 0.25) is 0 Å². The Morgan fingerprint density at radius 2 is 1.84 bits per heavy atom. The maximum absolute atomic E-state index is 14.3. The molecule has 10 heteroatoms. The number of alkyl halides is 3. The van der Waals surface area contributed by atoms with Crippen LogP contribution in [0.3, 0.4) is 0 Å². The van der Waals surface area contributed by atoms with Gasteiger partial charge >= 0.3 is 6.18 Å². The Kier molecular flexibility index (Phi) is 5.23. The second-order valence-corrected chi connectivity index (χ2v) is 7.98. The summed E-state index contributed by atoms with van der Waals surface area (Å²) in [7, 11) is 0. The van der Waals surface area contributed by atoms with Gasteiger partial charge in [-0.15, -0.1) is 0 Å². The van der Waals surface area contributed by atoms with Crippen LogP contribution in [-0.4, -0.2) is 32.0 Å². The Morgan fingerprint density at radius 3 is 2.50 bits per heavy atom. The molecule has 0 fully saturated rings. The lowest BCUT2D eigenvalue weighted by atomic mass is 9.69. The fraction of sp³-hybridized carbons (Fsp3) is 0.364. The molecule has 170 valence electrons. The largest absolute Gasteiger partial charge is 0.505 e. The van der Waals surface area contributed by atoms with E-state index in [1.54, 1.807) is 13.8 Å². The summed E-state index contributed by atoms with van der Waals surface area (Å²) in [6.45, 7) is 3.14. The predicted molar refractivity (Wildman–Crippen MR) is 107 cm³/mol. The van der Waals surface area contributed by atoms with E-state index in [1.165, 1.54) is 12.3 Å². The first-order chi connectivity index (χ1) is 15.0. The lowest BCUT2D eigenvalue weighted by Gasteiger charge is -2.45. The average molecular weight is 453 g/mol. The molecule has 0 saturated carbocycles. The van der Waals surface area contributed by atoms with Crippen LogP contribution in [0.1, 0.15) is 48.7 Å². The second kappa shape index (κ2) is 7.54. The van der Waals surface area contributed by atoms with Crippen molar-refractivity contribution >= 4 is 16.6 Å². The highest BCUT2D eigenvalue weighted by molar-refractivity contribution is 5.91. The van der Waals surface area contributed by atoms with Gasteiger partial charge in [0, 0.05) is 22.8 Å². The van der Waals surface area contributed by atoms with E-state index in [2.05, 4.69) is 15.3 Å². The summed E-state index contributed by atoms with van der Waals surface area (Å²) in [5.41, 5.74) is -3.36. The summed E-state index contributed by atoms with van der Waals surface area (Å²) in [6.07, 6.45) is -4.43. The number of nitrogens with one attached hydrogen (secondary N) is 1. The van der Waals surface area contributed by atoms with Gasteiger partial charge in [-0.2, -0.15) is 13.2 Å². The minimum Gasteiger partial charge on any atom is -0.505 e. The number of rotatable bonds is 3. The standard InChI is InChI=1S/C22H20F5N3O2/c1-3-11-8-21(32,22(25,26)27)20(12-4-5-15(24)19(31)17(11)12)30-16-7-6-14(23)18-13(16)9-28-10(2)29-18/h4-7,9,11,20,30-32H,3,8H2,1-2H3/t11?,20?,21-/m1/s1. The minimum atomic E-state index is -5.05. The third kappa shape index (κ3) is 3.33. The Labute approximate surface area is 179 Å². The third-order valence-electron chi connectivity index (χ3n) is 6.06. The molecule has 2 unspecified atom stereocenters. The highest BCUT2D eigenvalue weighted by atomic mass is 19.4. The first-order valence-electron chi connectivity index (χ1n) is 9.96. The maximum atomic E-state index is 14.3. The van der Waals surface area contributed by atoms with E-state index in [-0.39, 0.29) is 40.0 Å². The van der Waals surface area contributed by atoms with Gasteiger partial charge in [-0.25, -0.2) is 18.7 Å². The maximum Gasteiger partial charge on any atom is 0.419 e. The van der Waals surface area contributed by atoms with Crippen LogP contribution < -0.4 is 5.32 Å². The van der Waals surface area contributed by atoms with Crippen molar-refractivity contribution in [1.29, 1.82) is 0 Å². The number of fused-ring (bicyclic) bond motifs is 2. The van der Waals surface area contributed by atoms with Crippen LogP contribution in [0.5, 0.6) is 5.75 Å². The lowest BCUT2D eigenvalue weighted by Crippen LogP contribution is -2.55. The molecule has 0 radical (unpaired) electrons. The quantitative estimate of drug-likeness (QED) is 0.471. The van der Waals surface area contributed by atoms with Gasteiger partial charge < -0.3 is 15.5 Å². The smallest absolute Gasteiger partial charge is 0.419 e. The molecule has 0 spiro atoms. The van der Waals surface area contributed by atoms with Crippen LogP contribution in [0.15, 0.2) is 30.5 Å². The number of aryl methyl sites for hydroxylation is 1. The molecule has 1 aliphatic rings. The Bertz CT molecular complexity index is 1200. The number of aromatic nitrogens is 2. The van der Waals surface area contributed by atoms with E-state index in [1.807, 2.05) is 0 Å². The van der Waals surface area contributed by atoms with Crippen molar-refractivity contribution in [2.24, 2.45) is 0 Å². The van der Waals surface area contributed by atoms with Gasteiger partial charge in [0.05, 0.1) is 6.04 Å². The summed E-state index contributed by atoms with van der Waals surface area (Å²) >= 11 is 0. The number of hydrogen-bond acceptors (Lipinski definition) is 5. The lowest BCUT2D eigenvalue weighted by molar-refractivity contribution is -0.272. The highest BCUT2D eigenvalue weighted by Crippen LogP contribution is 2.55. The molecule has 32 heavy (non-hydrogen) atoms. The van der Waals surface area contributed by atoms with Gasteiger partial charge in [-0.05, 0) is 49.4 Å². The van der Waals surface area contributed by atoms with Crippen molar-refractivity contribution in [3.05, 3.63) is 59.0 Å². The van der Waals surface area contributed by atoms with Crippen LogP contribution in [0.4, 0.5) is 27.6 Å². The van der Waals surface area contributed by atoms with E-state index >= 15 is 0 Å². The molecule has 3 aromatic rings. The Morgan fingerprint density at radius 1 is 1.16 bits per heavy atom. The molecule has 0 saturated heterocycles. The van der Waals surface area contributed by atoms with E-state index in [4.69, 9.17) is 0 Å². The molecule has 3 atom stereocenters. The van der Waals surface area contributed by atoms with Gasteiger partial charge in [0.1, 0.15) is 17.2 Å². The number of aromatic hydroxyl groups is 1. The number of phenolic OH excluding ortho intramolecular Hbond substituents is 1. The summed E-state index contributed by atoms with van der Waals surface area (Å²) in [5.74, 6) is -3.05. The summed E-state index contributed by atoms with van der Waals surface area (Å²) in [4.78, 5) is 8.00. The summed E-state index contributed by atoms with van der Waals surface area (Å²) < 4.78 is 70.9. The number of phenols is 1. The molecule has 1 aromatic heterocycles. The molecular weight excluding hydrogens is 433 g/mol. The van der Waals surface area contributed by atoms with Crippen molar-refractivity contribution in [1.82, 2.24) is 9.97 Å². The van der Waals surface area contributed by atoms with Gasteiger partial charge in [0.2, 0.25) is 0 Å². The molecule has 2 aromatic carbocycles. The molecule has 0 amide bonds. The number of halogens is 5. The van der Waals surface area contributed by atoms with E-state index in [0.717, 1.165) is 18.2 Å². The fourth-order valence-electron chi connectivity index (χ4n) is 4.41. The van der Waals surface area contributed by atoms with Crippen molar-refractivity contribution in [3.63, 3.8) is 0 Å². The topological polar surface area (TPSA) is 78.3 Å². The van der Waals surface area contributed by atoms with Gasteiger partial charge in [-0.3, -0.25) is 0 Å². The number of anilines is 1. The number of benzene rings is 2. The zero-order chi connectivity index (χ0) is 23.4. The predicted octanol–water partition coefficient (Wildman–Crippen LogP) is 5.27. The second-order valence-electron chi connectivity index (χ2n) is 7.98. The minimum absolute atomic E-state index is 0.0115. The van der Waals surface area contributed by atoms with Gasteiger partial charge in [-0.1, -0.05) is 13.0 Å². The van der Waals surface area contributed by atoms with Crippen LogP contribution in [0.25, 0.3) is 10.9 Å². The molecule has 4 rings (SSSR count). The first-order valence-corrected chi connectivity index (χ1v) is 9.96. The van der Waals surface area contributed by atoms with E-state index in [0.29, 0.717) is 0 Å². The molecule has 1 aliphatic carbocycles. The molecule has 0 aliphatic heterocycles. The molecule has 3 N–H and O–H groups in total. The van der Waals surface area contributed by atoms with Crippen LogP contribution >= 0.6 is 0 Å². The normalized spacial score (nSPS) is 23.2. The monoisotopic (exact) mass is 453 g/mol. The SMILES string of the molecule is CCC1C[C@](O)(C(F)(F)F)C(Nc2ccc(F)c3nc(C)ncc23)c2ccc(F)c(O)c21. The van der Waals surface area contributed by atoms with Gasteiger partial charge in [0.25, 0.3) is 0 Å². The molecule has 0 bridgehead atoms. The van der Waals surface area contributed by atoms with Crippen LogP contribution in [-0.2, 0) is 0 Å². The molecule has 5 nitrogen and oxygen atoms in total. The number of nitrogens with zero attached hydrogens (tertiary/aromatic N) is 2. The van der Waals surface area contributed by atoms with Crippen molar-refractivity contribution in [2.75, 3.05) is 5.32 Å². The Balaban J connectivity index is 1.94. The van der Waals surface area contributed by atoms with Crippen molar-refractivity contribution in [2.45, 2.75) is 50.4 Å². The number of aliphatic hydroxyl groups is 1. The fourth-order valence-corrected chi connectivity index (χ4v) is 4.41. The molecular formula is C22H20F5N3O2.